The Balaban J connectivity index is 1.75. The molecule has 0 amide bonds. The van der Waals surface area contributed by atoms with E-state index in [9.17, 15) is 10.1 Å². The van der Waals surface area contributed by atoms with E-state index < -0.39 is 4.92 Å². The number of thiazole rings is 1. The Morgan fingerprint density at radius 3 is 2.45 bits per heavy atom. The number of allylic oxidation sites excluding steroid dienone is 2. The van der Waals surface area contributed by atoms with Gasteiger partial charge < -0.3 is 4.90 Å². The fourth-order valence-electron chi connectivity index (χ4n) is 4.15. The van der Waals surface area contributed by atoms with E-state index in [0.29, 0.717) is 0 Å². The van der Waals surface area contributed by atoms with Crippen LogP contribution >= 0.6 is 11.3 Å². The Hall–Kier alpha value is -3.52. The van der Waals surface area contributed by atoms with Crippen LogP contribution in [0.3, 0.4) is 0 Å². The van der Waals surface area contributed by atoms with Crippen LogP contribution in [-0.4, -0.2) is 28.9 Å². The molecule has 1 aliphatic rings. The molecule has 0 bridgehead atoms. The summed E-state index contributed by atoms with van der Waals surface area (Å²) >= 11 is 1.50. The van der Waals surface area contributed by atoms with Crippen molar-refractivity contribution in [2.24, 2.45) is 10.1 Å². The predicted octanol–water partition coefficient (Wildman–Crippen LogP) is 5.58. The van der Waals surface area contributed by atoms with Gasteiger partial charge in [-0.05, 0) is 43.7 Å². The Kier molecular flexibility index (Phi) is 6.03. The average Bonchev–Trinajstić information content (AvgIpc) is 3.25. The zero-order chi connectivity index (χ0) is 23.8. The maximum Gasteiger partial charge on any atom is 0.269 e. The molecule has 33 heavy (non-hydrogen) atoms. The van der Waals surface area contributed by atoms with Crippen molar-refractivity contribution >= 4 is 28.9 Å². The zero-order valence-electron chi connectivity index (χ0n) is 19.4. The lowest BCUT2D eigenvalue weighted by molar-refractivity contribution is -0.384. The molecule has 0 atom stereocenters. The number of non-ortho nitro benzene ring substituents is 1. The van der Waals surface area contributed by atoms with Crippen LogP contribution in [0.2, 0.25) is 0 Å². The molecule has 0 saturated carbocycles. The third kappa shape index (κ3) is 4.26. The second-order valence-electron chi connectivity index (χ2n) is 8.76. The third-order valence-electron chi connectivity index (χ3n) is 5.78. The number of hydrogen-bond donors (Lipinski definition) is 0. The number of rotatable bonds is 5. The Morgan fingerprint density at radius 1 is 1.12 bits per heavy atom. The van der Waals surface area contributed by atoms with Gasteiger partial charge in [-0.1, -0.05) is 32.0 Å². The Bertz CT molecular complexity index is 1310. The van der Waals surface area contributed by atoms with Gasteiger partial charge in [0.1, 0.15) is 0 Å². The molecular formula is C25H27N5O2S. The lowest BCUT2D eigenvalue weighted by Crippen LogP contribution is -2.23. The molecule has 0 fully saturated rings. The Morgan fingerprint density at radius 2 is 1.82 bits per heavy atom. The summed E-state index contributed by atoms with van der Waals surface area (Å²) < 4.78 is 1.80. The van der Waals surface area contributed by atoms with Crippen molar-refractivity contribution in [3.05, 3.63) is 86.2 Å². The first-order valence-corrected chi connectivity index (χ1v) is 11.7. The van der Waals surface area contributed by atoms with Gasteiger partial charge in [-0.3, -0.25) is 15.1 Å². The van der Waals surface area contributed by atoms with E-state index in [1.807, 2.05) is 25.3 Å². The zero-order valence-corrected chi connectivity index (χ0v) is 20.2. The van der Waals surface area contributed by atoms with Gasteiger partial charge in [0.2, 0.25) is 4.80 Å². The van der Waals surface area contributed by atoms with Crippen LogP contribution in [0.1, 0.15) is 33.3 Å². The van der Waals surface area contributed by atoms with Crippen molar-refractivity contribution in [2.45, 2.75) is 39.2 Å². The van der Waals surface area contributed by atoms with Crippen molar-refractivity contribution in [3.8, 4) is 11.3 Å². The van der Waals surface area contributed by atoms with E-state index in [4.69, 9.17) is 10.1 Å². The maximum absolute atomic E-state index is 11.0. The number of para-hydroxylation sites is 1. The van der Waals surface area contributed by atoms with Gasteiger partial charge in [-0.2, -0.15) is 5.10 Å². The second kappa shape index (κ2) is 8.78. The molecule has 3 aromatic rings. The van der Waals surface area contributed by atoms with Gasteiger partial charge in [0, 0.05) is 59.2 Å². The molecule has 8 heteroatoms. The van der Waals surface area contributed by atoms with Gasteiger partial charge in [0.05, 0.1) is 10.6 Å². The standard InChI is InChI=1S/C25H27N5O2S/c1-17(2)27-24-29(22(16-33-24)18-10-12-19(13-11-18)30(31)32)26-15-14-23-25(3,4)20-8-6-7-9-21(20)28(23)5/h6-17H,1-5H3. The molecule has 2 heterocycles. The van der Waals surface area contributed by atoms with Gasteiger partial charge in [0.25, 0.3) is 5.69 Å². The minimum absolute atomic E-state index is 0.0620. The summed E-state index contributed by atoms with van der Waals surface area (Å²) in [6.45, 7) is 8.48. The molecule has 170 valence electrons. The van der Waals surface area contributed by atoms with Crippen LogP contribution in [0.15, 0.2) is 75.8 Å². The number of fused-ring (bicyclic) bond motifs is 1. The van der Waals surface area contributed by atoms with Gasteiger partial charge in [-0.15, -0.1) is 11.3 Å². The normalized spacial score (nSPS) is 16.8. The van der Waals surface area contributed by atoms with E-state index in [1.165, 1.54) is 34.7 Å². The number of nitro benzene ring substituents is 1. The molecule has 0 aliphatic carbocycles. The minimum atomic E-state index is -0.396. The first-order valence-electron chi connectivity index (χ1n) is 10.8. The molecule has 0 spiro atoms. The van der Waals surface area contributed by atoms with Crippen LogP contribution in [0, 0.1) is 10.1 Å². The number of likely N-dealkylation sites (N-methyl/N-ethyl adjacent to an activating group) is 1. The number of nitrogens with zero attached hydrogens (tertiary/aromatic N) is 5. The Labute approximate surface area is 197 Å². The van der Waals surface area contributed by atoms with Crippen LogP contribution in [-0.2, 0) is 5.41 Å². The first-order chi connectivity index (χ1) is 15.7. The monoisotopic (exact) mass is 461 g/mol. The van der Waals surface area contributed by atoms with Crippen LogP contribution < -0.4 is 9.70 Å². The highest BCUT2D eigenvalue weighted by atomic mass is 32.1. The van der Waals surface area contributed by atoms with E-state index in [0.717, 1.165) is 21.8 Å². The summed E-state index contributed by atoms with van der Waals surface area (Å²) in [7, 11) is 2.08. The van der Waals surface area contributed by atoms with Gasteiger partial charge in [0.15, 0.2) is 0 Å². The van der Waals surface area contributed by atoms with Gasteiger partial charge >= 0.3 is 0 Å². The highest BCUT2D eigenvalue weighted by Crippen LogP contribution is 2.46. The summed E-state index contributed by atoms with van der Waals surface area (Å²) in [4.78, 5) is 18.3. The van der Waals surface area contributed by atoms with Crippen molar-refractivity contribution in [2.75, 3.05) is 11.9 Å². The van der Waals surface area contributed by atoms with Crippen LogP contribution in [0.25, 0.3) is 11.3 Å². The van der Waals surface area contributed by atoms with E-state index >= 15 is 0 Å². The number of hydrogen-bond acceptors (Lipinski definition) is 6. The first kappa shape index (κ1) is 22.7. The van der Waals surface area contributed by atoms with Crippen LogP contribution in [0.5, 0.6) is 0 Å². The molecule has 4 rings (SSSR count). The predicted molar refractivity (Wildman–Crippen MR) is 135 cm³/mol. The smallest absolute Gasteiger partial charge is 0.269 e. The maximum atomic E-state index is 11.0. The molecule has 7 nitrogen and oxygen atoms in total. The number of anilines is 1. The molecular weight excluding hydrogens is 434 g/mol. The second-order valence-corrected chi connectivity index (χ2v) is 9.60. The van der Waals surface area contributed by atoms with E-state index in [-0.39, 0.29) is 17.1 Å². The highest BCUT2D eigenvalue weighted by Gasteiger charge is 2.37. The molecule has 0 unspecified atom stereocenters. The molecule has 0 radical (unpaired) electrons. The van der Waals surface area contributed by atoms with E-state index in [2.05, 4.69) is 50.1 Å². The van der Waals surface area contributed by atoms with Crippen molar-refractivity contribution < 1.29 is 4.92 Å². The highest BCUT2D eigenvalue weighted by molar-refractivity contribution is 7.07. The minimum Gasteiger partial charge on any atom is -0.347 e. The molecule has 0 saturated heterocycles. The molecule has 2 aromatic carbocycles. The summed E-state index contributed by atoms with van der Waals surface area (Å²) in [6, 6.07) is 15.1. The topological polar surface area (TPSA) is 76.0 Å². The van der Waals surface area contributed by atoms with E-state index in [1.54, 1.807) is 23.0 Å². The van der Waals surface area contributed by atoms with Crippen molar-refractivity contribution in [1.82, 2.24) is 4.68 Å². The molecule has 0 N–H and O–H groups in total. The van der Waals surface area contributed by atoms with Crippen molar-refractivity contribution in [1.29, 1.82) is 0 Å². The number of aromatic nitrogens is 1. The lowest BCUT2D eigenvalue weighted by Gasteiger charge is -2.23. The summed E-state index contributed by atoms with van der Waals surface area (Å²) in [6.07, 6.45) is 3.85. The molecule has 1 aromatic heterocycles. The fraction of sp³-hybridized carbons (Fsp3) is 0.280. The third-order valence-corrected chi connectivity index (χ3v) is 6.61. The van der Waals surface area contributed by atoms with Gasteiger partial charge in [-0.25, -0.2) is 4.68 Å². The average molecular weight is 462 g/mol. The quantitative estimate of drug-likeness (QED) is 0.283. The molecule has 1 aliphatic heterocycles. The number of benzene rings is 2. The summed E-state index contributed by atoms with van der Waals surface area (Å²) in [5.74, 6) is 0. The fourth-order valence-corrected chi connectivity index (χ4v) is 5.12. The SMILES string of the molecule is CC(C)N=c1scc(-c2ccc([N+](=O)[O-])cc2)n1N=CC=C1N(C)c2ccccc2C1(C)C. The summed E-state index contributed by atoms with van der Waals surface area (Å²) in [5.41, 5.74) is 5.26. The lowest BCUT2D eigenvalue weighted by atomic mass is 9.84. The van der Waals surface area contributed by atoms with Crippen LogP contribution in [0.4, 0.5) is 11.4 Å². The number of nitro groups is 1. The largest absolute Gasteiger partial charge is 0.347 e. The summed E-state index contributed by atoms with van der Waals surface area (Å²) in [5, 5.41) is 17.8. The van der Waals surface area contributed by atoms with Crippen molar-refractivity contribution in [3.63, 3.8) is 0 Å².